The molecule has 7 nitrogen and oxygen atoms in total. The number of nitrogens with one attached hydrogen (secondary N) is 1. The Hall–Kier alpha value is -3.26. The number of halogens is 2. The molecule has 4 aromatic rings. The molecule has 5 rings (SSSR count). The minimum absolute atomic E-state index is 0.0569. The zero-order valence-electron chi connectivity index (χ0n) is 14.6. The van der Waals surface area contributed by atoms with Crippen LogP contribution in [0.15, 0.2) is 42.5 Å². The normalized spacial score (nSPS) is 13.8. The van der Waals surface area contributed by atoms with E-state index in [0.29, 0.717) is 22.0 Å². The van der Waals surface area contributed by atoms with E-state index in [4.69, 9.17) is 17.3 Å². The first-order chi connectivity index (χ1) is 13.6. The van der Waals surface area contributed by atoms with E-state index in [1.165, 1.54) is 6.07 Å². The van der Waals surface area contributed by atoms with E-state index in [1.807, 2.05) is 0 Å². The second kappa shape index (κ2) is 6.42. The van der Waals surface area contributed by atoms with E-state index in [2.05, 4.69) is 25.3 Å². The Kier molecular flexibility index (Phi) is 3.87. The number of aromatic nitrogens is 5. The highest BCUT2D eigenvalue weighted by Gasteiger charge is 2.31. The van der Waals surface area contributed by atoms with Crippen LogP contribution in [-0.2, 0) is 0 Å². The fourth-order valence-electron chi connectivity index (χ4n) is 3.11. The number of nitrogens with zero attached hydrogens (tertiary/aromatic N) is 5. The molecule has 0 radical (unpaired) electrons. The van der Waals surface area contributed by atoms with Gasteiger partial charge in [-0.3, -0.25) is 4.57 Å². The van der Waals surface area contributed by atoms with Crippen LogP contribution in [0.5, 0.6) is 0 Å². The van der Waals surface area contributed by atoms with Crippen LogP contribution in [0, 0.1) is 5.82 Å². The van der Waals surface area contributed by atoms with Crippen LogP contribution in [0.1, 0.15) is 24.6 Å². The Morgan fingerprint density at radius 1 is 1.04 bits per heavy atom. The summed E-state index contributed by atoms with van der Waals surface area (Å²) in [7, 11) is 0. The number of hydrogen-bond acceptors (Lipinski definition) is 6. The number of rotatable bonds is 4. The van der Waals surface area contributed by atoms with Crippen molar-refractivity contribution in [3.63, 3.8) is 0 Å². The Labute approximate surface area is 164 Å². The fraction of sp³-hybridized carbons (Fsp3) is 0.158. The maximum absolute atomic E-state index is 14.3. The maximum Gasteiger partial charge on any atom is 0.242 e. The molecule has 0 aliphatic heterocycles. The van der Waals surface area contributed by atoms with Crippen molar-refractivity contribution >= 4 is 40.2 Å². The van der Waals surface area contributed by atoms with Gasteiger partial charge in [0.05, 0.1) is 5.52 Å². The molecule has 0 unspecified atom stereocenters. The number of nitrogen functional groups attached to an aromatic ring is 1. The Balaban J connectivity index is 1.63. The van der Waals surface area contributed by atoms with Gasteiger partial charge in [0, 0.05) is 16.6 Å². The Bertz CT molecular complexity index is 1190. The molecule has 1 fully saturated rings. The molecule has 3 N–H and O–H groups in total. The molecule has 1 aliphatic rings. The van der Waals surface area contributed by atoms with E-state index in [9.17, 15) is 4.39 Å². The molecule has 0 atom stereocenters. The summed E-state index contributed by atoms with van der Waals surface area (Å²) in [4.78, 5) is 17.4. The lowest BCUT2D eigenvalue weighted by Crippen LogP contribution is -2.11. The topological polar surface area (TPSA) is 94.5 Å². The summed E-state index contributed by atoms with van der Waals surface area (Å²) < 4.78 is 16.0. The molecule has 0 amide bonds. The highest BCUT2D eigenvalue weighted by atomic mass is 35.5. The second-order valence-electron chi connectivity index (χ2n) is 6.64. The van der Waals surface area contributed by atoms with E-state index >= 15 is 0 Å². The molecule has 1 saturated carbocycles. The lowest BCUT2D eigenvalue weighted by atomic mass is 10.3. The van der Waals surface area contributed by atoms with Gasteiger partial charge in [-0.15, -0.1) is 0 Å². The van der Waals surface area contributed by atoms with Gasteiger partial charge in [-0.05, 0) is 49.2 Å². The summed E-state index contributed by atoms with van der Waals surface area (Å²) in [6.45, 7) is 0. The second-order valence-corrected chi connectivity index (χ2v) is 7.07. The van der Waals surface area contributed by atoms with Crippen LogP contribution >= 0.6 is 11.6 Å². The van der Waals surface area contributed by atoms with Crippen molar-refractivity contribution in [2.24, 2.45) is 0 Å². The van der Waals surface area contributed by atoms with Gasteiger partial charge in [0.2, 0.25) is 17.8 Å². The van der Waals surface area contributed by atoms with Gasteiger partial charge in [0.1, 0.15) is 11.3 Å². The zero-order chi connectivity index (χ0) is 19.3. The highest BCUT2D eigenvalue weighted by molar-refractivity contribution is 6.30. The molecular weight excluding hydrogens is 381 g/mol. The van der Waals surface area contributed by atoms with Crippen LogP contribution in [0.25, 0.3) is 17.0 Å². The number of fused-ring (bicyclic) bond motifs is 1. The largest absolute Gasteiger partial charge is 0.368 e. The molecule has 2 aromatic heterocycles. The van der Waals surface area contributed by atoms with Crippen LogP contribution in [0.3, 0.4) is 0 Å². The van der Waals surface area contributed by atoms with Crippen LogP contribution in [0.2, 0.25) is 5.02 Å². The molecule has 1 aliphatic carbocycles. The van der Waals surface area contributed by atoms with Gasteiger partial charge in [-0.25, -0.2) is 9.37 Å². The predicted molar refractivity (Wildman–Crippen MR) is 106 cm³/mol. The predicted octanol–water partition coefficient (Wildman–Crippen LogP) is 4.21. The van der Waals surface area contributed by atoms with Crippen molar-refractivity contribution in [2.75, 3.05) is 11.1 Å². The van der Waals surface area contributed by atoms with E-state index < -0.39 is 0 Å². The number of anilines is 3. The SMILES string of the molecule is Nc1nc(Nc2ccc(Cl)cc2)nc(-n2c(C3CC3)nc3c(F)cccc32)n1. The van der Waals surface area contributed by atoms with E-state index in [1.54, 1.807) is 41.0 Å². The van der Waals surface area contributed by atoms with Gasteiger partial charge in [0.25, 0.3) is 0 Å². The molecule has 140 valence electrons. The third-order valence-corrected chi connectivity index (χ3v) is 4.80. The number of imidazole rings is 1. The fourth-order valence-corrected chi connectivity index (χ4v) is 3.23. The van der Waals surface area contributed by atoms with Gasteiger partial charge in [0.15, 0.2) is 5.82 Å². The van der Waals surface area contributed by atoms with Crippen LogP contribution < -0.4 is 11.1 Å². The minimum Gasteiger partial charge on any atom is -0.368 e. The van der Waals surface area contributed by atoms with Gasteiger partial charge < -0.3 is 11.1 Å². The Morgan fingerprint density at radius 2 is 1.82 bits per heavy atom. The number of benzene rings is 2. The molecule has 2 heterocycles. The maximum atomic E-state index is 14.3. The standard InChI is InChI=1S/C19H15ClFN7/c20-11-6-8-12(9-7-11)23-18-25-17(22)26-19(27-18)28-14-3-1-2-13(21)15(14)24-16(28)10-4-5-10/h1-3,6-10H,4-5H2,(H3,22,23,25,26,27). The average Bonchev–Trinajstić information content (AvgIpc) is 3.43. The van der Waals surface area contributed by atoms with Gasteiger partial charge in [-0.2, -0.15) is 15.0 Å². The highest BCUT2D eigenvalue weighted by Crippen LogP contribution is 2.41. The van der Waals surface area contributed by atoms with E-state index in [0.717, 1.165) is 24.4 Å². The first-order valence-electron chi connectivity index (χ1n) is 8.80. The third kappa shape index (κ3) is 3.01. The van der Waals surface area contributed by atoms with Crippen molar-refractivity contribution in [1.82, 2.24) is 24.5 Å². The van der Waals surface area contributed by atoms with Crippen molar-refractivity contribution in [3.8, 4) is 5.95 Å². The summed E-state index contributed by atoms with van der Waals surface area (Å²) in [6, 6.07) is 12.0. The number of nitrogens with two attached hydrogens (primary N) is 1. The average molecular weight is 396 g/mol. The number of hydrogen-bond donors (Lipinski definition) is 2. The lowest BCUT2D eigenvalue weighted by Gasteiger charge is -2.10. The van der Waals surface area contributed by atoms with Crippen LogP contribution in [-0.4, -0.2) is 24.5 Å². The molecule has 0 bridgehead atoms. The van der Waals surface area contributed by atoms with Crippen LogP contribution in [0.4, 0.5) is 22.0 Å². The molecular formula is C19H15ClFN7. The van der Waals surface area contributed by atoms with Crippen molar-refractivity contribution in [3.05, 3.63) is 59.1 Å². The first-order valence-corrected chi connectivity index (χ1v) is 9.17. The van der Waals surface area contributed by atoms with Gasteiger partial charge >= 0.3 is 0 Å². The summed E-state index contributed by atoms with van der Waals surface area (Å²) in [5, 5.41) is 3.72. The van der Waals surface area contributed by atoms with Crippen molar-refractivity contribution in [1.29, 1.82) is 0 Å². The number of para-hydroxylation sites is 1. The van der Waals surface area contributed by atoms with Crippen molar-refractivity contribution < 1.29 is 4.39 Å². The zero-order valence-corrected chi connectivity index (χ0v) is 15.4. The minimum atomic E-state index is -0.375. The third-order valence-electron chi connectivity index (χ3n) is 4.55. The van der Waals surface area contributed by atoms with E-state index in [-0.39, 0.29) is 23.6 Å². The summed E-state index contributed by atoms with van der Waals surface area (Å²) >= 11 is 5.92. The molecule has 9 heteroatoms. The molecule has 28 heavy (non-hydrogen) atoms. The quantitative estimate of drug-likeness (QED) is 0.537. The first kappa shape index (κ1) is 16.9. The summed E-state index contributed by atoms with van der Waals surface area (Å²) in [5.74, 6) is 1.27. The summed E-state index contributed by atoms with van der Waals surface area (Å²) in [6.07, 6.45) is 2.00. The van der Waals surface area contributed by atoms with Gasteiger partial charge in [-0.1, -0.05) is 17.7 Å². The monoisotopic (exact) mass is 395 g/mol. The smallest absolute Gasteiger partial charge is 0.242 e. The molecule has 0 saturated heterocycles. The lowest BCUT2D eigenvalue weighted by molar-refractivity contribution is 0.637. The van der Waals surface area contributed by atoms with Crippen molar-refractivity contribution in [2.45, 2.75) is 18.8 Å². The molecule has 0 spiro atoms. The summed E-state index contributed by atoms with van der Waals surface area (Å²) in [5.41, 5.74) is 7.59. The Morgan fingerprint density at radius 3 is 2.57 bits per heavy atom. The molecule has 2 aromatic carbocycles.